The zero-order valence-corrected chi connectivity index (χ0v) is 13.8. The lowest BCUT2D eigenvalue weighted by atomic mass is 10.2. The van der Waals surface area contributed by atoms with Gasteiger partial charge in [0.15, 0.2) is 24.0 Å². The van der Waals surface area contributed by atoms with Crippen molar-refractivity contribution < 1.29 is 23.5 Å². The molecule has 0 radical (unpaired) electrons. The highest BCUT2D eigenvalue weighted by Gasteiger charge is 2.14. The average molecular weight is 373 g/mol. The van der Waals surface area contributed by atoms with Crippen LogP contribution in [0.1, 0.15) is 10.4 Å². The summed E-state index contributed by atoms with van der Waals surface area (Å²) >= 11 is 11.5. The van der Waals surface area contributed by atoms with E-state index in [4.69, 9.17) is 32.7 Å². The summed E-state index contributed by atoms with van der Waals surface area (Å²) in [6.07, 6.45) is 1.30. The number of rotatable bonds is 5. The summed E-state index contributed by atoms with van der Waals surface area (Å²) in [5.41, 5.74) is -0.0521. The second kappa shape index (κ2) is 7.94. The molecule has 1 amide bonds. The zero-order chi connectivity index (χ0) is 17.7. The van der Waals surface area contributed by atoms with Crippen LogP contribution in [0.2, 0.25) is 10.0 Å². The van der Waals surface area contributed by atoms with Gasteiger partial charge in [-0.05, 0) is 24.3 Å². The van der Waals surface area contributed by atoms with Crippen LogP contribution in [-0.4, -0.2) is 30.6 Å². The molecule has 24 heavy (non-hydrogen) atoms. The fraction of sp³-hybridized carbons (Fsp3) is 0.133. The normalized spacial score (nSPS) is 10.2. The molecule has 0 unspecified atom stereocenters. The van der Waals surface area contributed by atoms with Crippen LogP contribution < -0.4 is 10.1 Å². The highest BCUT2D eigenvalue weighted by atomic mass is 35.5. The Morgan fingerprint density at radius 3 is 2.67 bits per heavy atom. The van der Waals surface area contributed by atoms with Crippen LogP contribution in [0.25, 0.3) is 0 Å². The van der Waals surface area contributed by atoms with Crippen LogP contribution in [0.15, 0.2) is 30.5 Å². The third kappa shape index (κ3) is 4.56. The number of esters is 1. The molecule has 6 nitrogen and oxygen atoms in total. The third-order valence-corrected chi connectivity index (χ3v) is 3.28. The van der Waals surface area contributed by atoms with Crippen LogP contribution in [0.3, 0.4) is 0 Å². The number of pyridine rings is 1. The molecule has 0 aliphatic rings. The van der Waals surface area contributed by atoms with Gasteiger partial charge in [0.25, 0.3) is 5.91 Å². The largest absolute Gasteiger partial charge is 0.494 e. The monoisotopic (exact) mass is 372 g/mol. The number of benzene rings is 1. The molecule has 0 spiro atoms. The van der Waals surface area contributed by atoms with Crippen molar-refractivity contribution in [3.8, 4) is 5.75 Å². The lowest BCUT2D eigenvalue weighted by molar-refractivity contribution is -0.119. The number of nitrogens with one attached hydrogen (secondary N) is 1. The molecule has 0 saturated carbocycles. The molecule has 2 aromatic rings. The number of aromatic nitrogens is 1. The molecular weight excluding hydrogens is 362 g/mol. The first-order chi connectivity index (χ1) is 11.4. The second-order valence-corrected chi connectivity index (χ2v) is 5.30. The number of methoxy groups -OCH3 is 1. The molecule has 0 aliphatic carbocycles. The SMILES string of the molecule is COc1ccc(C(=O)OCC(=O)Nc2ncc(Cl)cc2Cl)cc1F. The van der Waals surface area contributed by atoms with Crippen molar-refractivity contribution in [2.45, 2.75) is 0 Å². The molecule has 2 rings (SSSR count). The van der Waals surface area contributed by atoms with E-state index in [-0.39, 0.29) is 22.2 Å². The van der Waals surface area contributed by atoms with E-state index < -0.39 is 24.3 Å². The Balaban J connectivity index is 1.93. The fourth-order valence-electron chi connectivity index (χ4n) is 1.68. The maximum Gasteiger partial charge on any atom is 0.338 e. The maximum atomic E-state index is 13.5. The number of hydrogen-bond donors (Lipinski definition) is 1. The molecule has 0 aliphatic heterocycles. The summed E-state index contributed by atoms with van der Waals surface area (Å²) < 4.78 is 23.1. The van der Waals surface area contributed by atoms with Gasteiger partial charge >= 0.3 is 5.97 Å². The Bertz CT molecular complexity index is 786. The summed E-state index contributed by atoms with van der Waals surface area (Å²) in [7, 11) is 1.30. The van der Waals surface area contributed by atoms with Gasteiger partial charge in [-0.3, -0.25) is 4.79 Å². The number of amides is 1. The quantitative estimate of drug-likeness (QED) is 0.814. The Kier molecular flexibility index (Phi) is 5.94. The molecule has 1 N–H and O–H groups in total. The summed E-state index contributed by atoms with van der Waals surface area (Å²) in [5, 5.41) is 2.81. The lowest BCUT2D eigenvalue weighted by Gasteiger charge is -2.08. The fourth-order valence-corrected chi connectivity index (χ4v) is 2.11. The number of anilines is 1. The van der Waals surface area contributed by atoms with E-state index >= 15 is 0 Å². The zero-order valence-electron chi connectivity index (χ0n) is 12.3. The van der Waals surface area contributed by atoms with E-state index in [0.29, 0.717) is 5.02 Å². The molecule has 1 heterocycles. The Morgan fingerprint density at radius 1 is 1.29 bits per heavy atom. The molecule has 1 aromatic carbocycles. The predicted octanol–water partition coefficient (Wildman–Crippen LogP) is 3.33. The summed E-state index contributed by atoms with van der Waals surface area (Å²) in [6.45, 7) is -0.590. The Hall–Kier alpha value is -2.38. The second-order valence-electron chi connectivity index (χ2n) is 4.46. The van der Waals surface area contributed by atoms with Gasteiger partial charge in [-0.15, -0.1) is 0 Å². The summed E-state index contributed by atoms with van der Waals surface area (Å²) in [4.78, 5) is 27.4. The van der Waals surface area contributed by atoms with Crippen LogP contribution in [0.5, 0.6) is 5.75 Å². The van der Waals surface area contributed by atoms with Crippen LogP contribution in [0, 0.1) is 5.82 Å². The van der Waals surface area contributed by atoms with Crippen molar-refractivity contribution >= 4 is 40.9 Å². The van der Waals surface area contributed by atoms with Crippen LogP contribution >= 0.6 is 23.2 Å². The van der Waals surface area contributed by atoms with Crippen LogP contribution in [0.4, 0.5) is 10.2 Å². The first kappa shape index (κ1) is 18.0. The topological polar surface area (TPSA) is 77.5 Å². The molecule has 0 fully saturated rings. The van der Waals surface area contributed by atoms with Gasteiger partial charge in [0.2, 0.25) is 0 Å². The van der Waals surface area contributed by atoms with Gasteiger partial charge in [0, 0.05) is 6.20 Å². The van der Waals surface area contributed by atoms with Gasteiger partial charge in [-0.25, -0.2) is 14.2 Å². The van der Waals surface area contributed by atoms with Gasteiger partial charge in [0.1, 0.15) is 0 Å². The molecule has 0 bridgehead atoms. The number of ether oxygens (including phenoxy) is 2. The van der Waals surface area contributed by atoms with Crippen LogP contribution in [-0.2, 0) is 9.53 Å². The number of carbonyl (C=O) groups is 2. The van der Waals surface area contributed by atoms with Crippen molar-refractivity contribution in [2.75, 3.05) is 19.0 Å². The van der Waals surface area contributed by atoms with E-state index in [1.165, 1.54) is 31.5 Å². The van der Waals surface area contributed by atoms with E-state index in [1.807, 2.05) is 0 Å². The smallest absolute Gasteiger partial charge is 0.338 e. The van der Waals surface area contributed by atoms with E-state index in [0.717, 1.165) is 6.07 Å². The van der Waals surface area contributed by atoms with Crippen molar-refractivity contribution in [3.05, 3.63) is 51.9 Å². The highest BCUT2D eigenvalue weighted by molar-refractivity contribution is 6.36. The number of carbonyl (C=O) groups excluding carboxylic acids is 2. The number of nitrogens with zero attached hydrogens (tertiary/aromatic N) is 1. The molecular formula is C15H11Cl2FN2O4. The standard InChI is InChI=1S/C15H11Cl2FN2O4/c1-23-12-3-2-8(4-11(12)18)15(22)24-7-13(21)20-14-10(17)5-9(16)6-19-14/h2-6H,7H2,1H3,(H,19,20,21). The Morgan fingerprint density at radius 2 is 2.04 bits per heavy atom. The van der Waals surface area contributed by atoms with E-state index in [1.54, 1.807) is 0 Å². The molecule has 126 valence electrons. The maximum absolute atomic E-state index is 13.5. The Labute approximate surface area is 146 Å². The van der Waals surface area contributed by atoms with E-state index in [9.17, 15) is 14.0 Å². The van der Waals surface area contributed by atoms with Crippen molar-refractivity contribution in [1.29, 1.82) is 0 Å². The minimum absolute atomic E-state index is 0.00672. The average Bonchev–Trinajstić information content (AvgIpc) is 2.55. The van der Waals surface area contributed by atoms with Gasteiger partial charge in [-0.2, -0.15) is 0 Å². The van der Waals surface area contributed by atoms with E-state index in [2.05, 4.69) is 10.3 Å². The minimum Gasteiger partial charge on any atom is -0.494 e. The summed E-state index contributed by atoms with van der Waals surface area (Å²) in [5.74, 6) is -2.16. The number of halogens is 3. The van der Waals surface area contributed by atoms with Crippen molar-refractivity contribution in [3.63, 3.8) is 0 Å². The molecule has 1 aromatic heterocycles. The van der Waals surface area contributed by atoms with Gasteiger partial charge in [-0.1, -0.05) is 23.2 Å². The first-order valence-corrected chi connectivity index (χ1v) is 7.28. The predicted molar refractivity (Wildman–Crippen MR) is 86.1 cm³/mol. The third-order valence-electron chi connectivity index (χ3n) is 2.79. The van der Waals surface area contributed by atoms with Gasteiger partial charge in [0.05, 0.1) is 22.7 Å². The number of hydrogen-bond acceptors (Lipinski definition) is 5. The minimum atomic E-state index is -0.859. The molecule has 9 heteroatoms. The lowest BCUT2D eigenvalue weighted by Crippen LogP contribution is -2.21. The summed E-state index contributed by atoms with van der Waals surface area (Å²) in [6, 6.07) is 4.96. The van der Waals surface area contributed by atoms with Crippen molar-refractivity contribution in [1.82, 2.24) is 4.98 Å². The molecule has 0 saturated heterocycles. The molecule has 0 atom stereocenters. The highest BCUT2D eigenvalue weighted by Crippen LogP contribution is 2.22. The van der Waals surface area contributed by atoms with Crippen molar-refractivity contribution in [2.24, 2.45) is 0 Å². The first-order valence-electron chi connectivity index (χ1n) is 6.52. The van der Waals surface area contributed by atoms with Gasteiger partial charge < -0.3 is 14.8 Å².